The molecular weight excluding hydrogens is 361 g/mol. The number of nitrogens with one attached hydrogen (secondary N) is 1. The fourth-order valence-corrected chi connectivity index (χ4v) is 3.03. The summed E-state index contributed by atoms with van der Waals surface area (Å²) in [5.74, 6) is 2.23. The second kappa shape index (κ2) is 7.89. The fourth-order valence-electron chi connectivity index (χ4n) is 3.03. The zero-order valence-corrected chi connectivity index (χ0v) is 15.5. The molecule has 0 aromatic carbocycles. The average molecular weight is 382 g/mol. The van der Waals surface area contributed by atoms with E-state index in [1.54, 1.807) is 12.4 Å². The minimum absolute atomic E-state index is 0. The molecule has 0 bridgehead atoms. The van der Waals surface area contributed by atoms with Crippen molar-refractivity contribution >= 4 is 54.4 Å². The first kappa shape index (κ1) is 19.3. The molecule has 25 heavy (non-hydrogen) atoms. The SMILES string of the molecule is CC1CCN(c2nc(O)c(/C=C3\C=Nc4ncccc43)[nH]2)CC1.Cl.Cl. The largest absolute Gasteiger partial charge is 0.492 e. The maximum absolute atomic E-state index is 10.1. The van der Waals surface area contributed by atoms with Gasteiger partial charge in [-0.15, -0.1) is 24.8 Å². The molecule has 2 aliphatic heterocycles. The van der Waals surface area contributed by atoms with Crippen LogP contribution in [0, 0.1) is 5.92 Å². The number of imidazole rings is 1. The number of hydrogen-bond donors (Lipinski definition) is 2. The van der Waals surface area contributed by atoms with Crippen LogP contribution in [0.25, 0.3) is 11.6 Å². The standard InChI is InChI=1S/C17H19N5O.2ClH/c1-11-4-7-22(8-5-11)17-20-14(16(23)21-17)9-12-10-19-15-13(12)3-2-6-18-15;;/h2-3,6,9-11,23H,4-5,7-8H2,1H3,(H,20,21);2*1H/b12-9+;;. The molecule has 4 rings (SSSR count). The third-order valence-corrected chi connectivity index (χ3v) is 4.51. The molecule has 0 unspecified atom stereocenters. The van der Waals surface area contributed by atoms with Crippen LogP contribution in [0.5, 0.6) is 5.88 Å². The summed E-state index contributed by atoms with van der Waals surface area (Å²) in [5.41, 5.74) is 2.50. The minimum Gasteiger partial charge on any atom is -0.492 e. The summed E-state index contributed by atoms with van der Waals surface area (Å²) in [6.07, 6.45) is 7.67. The topological polar surface area (TPSA) is 77.4 Å². The number of piperidine rings is 1. The first-order valence-corrected chi connectivity index (χ1v) is 7.96. The number of nitrogens with zero attached hydrogens (tertiary/aromatic N) is 4. The summed E-state index contributed by atoms with van der Waals surface area (Å²) in [6.45, 7) is 4.22. The number of hydrogen-bond acceptors (Lipinski definition) is 5. The van der Waals surface area contributed by atoms with Gasteiger partial charge in [0.15, 0.2) is 5.82 Å². The highest BCUT2D eigenvalue weighted by molar-refractivity contribution is 6.20. The van der Waals surface area contributed by atoms with Crippen molar-refractivity contribution < 1.29 is 5.11 Å². The van der Waals surface area contributed by atoms with Crippen molar-refractivity contribution in [2.45, 2.75) is 19.8 Å². The van der Waals surface area contributed by atoms with Gasteiger partial charge in [0.1, 0.15) is 5.69 Å². The van der Waals surface area contributed by atoms with Gasteiger partial charge >= 0.3 is 0 Å². The van der Waals surface area contributed by atoms with Crippen LogP contribution in [0.3, 0.4) is 0 Å². The van der Waals surface area contributed by atoms with Crippen LogP contribution in [-0.4, -0.2) is 39.4 Å². The molecule has 6 nitrogen and oxygen atoms in total. The quantitative estimate of drug-likeness (QED) is 0.827. The van der Waals surface area contributed by atoms with Gasteiger partial charge in [0.2, 0.25) is 11.8 Å². The number of anilines is 1. The Kier molecular flexibility index (Phi) is 6.08. The van der Waals surface area contributed by atoms with E-state index in [4.69, 9.17) is 0 Å². The van der Waals surface area contributed by atoms with Gasteiger partial charge in [0, 0.05) is 36.6 Å². The lowest BCUT2D eigenvalue weighted by Crippen LogP contribution is -2.33. The highest BCUT2D eigenvalue weighted by atomic mass is 35.5. The molecule has 2 aromatic heterocycles. The Hall–Kier alpha value is -2.05. The predicted octanol–water partition coefficient (Wildman–Crippen LogP) is 3.85. The van der Waals surface area contributed by atoms with Gasteiger partial charge in [-0.05, 0) is 37.0 Å². The van der Waals surface area contributed by atoms with E-state index in [-0.39, 0.29) is 30.7 Å². The Morgan fingerprint density at radius 2 is 2.04 bits per heavy atom. The van der Waals surface area contributed by atoms with Crippen molar-refractivity contribution in [1.82, 2.24) is 15.0 Å². The first-order valence-electron chi connectivity index (χ1n) is 7.96. The monoisotopic (exact) mass is 381 g/mol. The fraction of sp³-hybridized carbons (Fsp3) is 0.353. The van der Waals surface area contributed by atoms with Gasteiger partial charge in [-0.25, -0.2) is 9.98 Å². The number of H-pyrrole nitrogens is 1. The molecule has 2 N–H and O–H groups in total. The van der Waals surface area contributed by atoms with E-state index >= 15 is 0 Å². The summed E-state index contributed by atoms with van der Waals surface area (Å²) in [6, 6.07) is 3.86. The van der Waals surface area contributed by atoms with Crippen molar-refractivity contribution in [2.75, 3.05) is 18.0 Å². The molecule has 0 radical (unpaired) electrons. The lowest BCUT2D eigenvalue weighted by Gasteiger charge is -2.29. The van der Waals surface area contributed by atoms with Crippen LogP contribution < -0.4 is 4.90 Å². The smallest absolute Gasteiger partial charge is 0.238 e. The molecular formula is C17H21Cl2N5O. The van der Waals surface area contributed by atoms with Crippen molar-refractivity contribution in [3.05, 3.63) is 29.6 Å². The molecule has 1 saturated heterocycles. The third-order valence-electron chi connectivity index (χ3n) is 4.51. The van der Waals surface area contributed by atoms with Crippen LogP contribution in [0.2, 0.25) is 0 Å². The highest BCUT2D eigenvalue weighted by Crippen LogP contribution is 2.32. The van der Waals surface area contributed by atoms with Gasteiger partial charge < -0.3 is 15.0 Å². The van der Waals surface area contributed by atoms with Crippen LogP contribution in [-0.2, 0) is 0 Å². The third kappa shape index (κ3) is 3.80. The minimum atomic E-state index is 0. The summed E-state index contributed by atoms with van der Waals surface area (Å²) < 4.78 is 0. The van der Waals surface area contributed by atoms with Gasteiger partial charge in [-0.1, -0.05) is 6.92 Å². The number of aromatic amines is 1. The maximum Gasteiger partial charge on any atom is 0.238 e. The van der Waals surface area contributed by atoms with Crippen molar-refractivity contribution in [3.8, 4) is 5.88 Å². The Bertz CT molecular complexity index is 794. The molecule has 2 aliphatic rings. The van der Waals surface area contributed by atoms with Crippen molar-refractivity contribution in [1.29, 1.82) is 0 Å². The van der Waals surface area contributed by atoms with Gasteiger partial charge in [0.05, 0.1) is 0 Å². The summed E-state index contributed by atoms with van der Waals surface area (Å²) in [7, 11) is 0. The maximum atomic E-state index is 10.1. The Balaban J connectivity index is 0.00000113. The highest BCUT2D eigenvalue weighted by Gasteiger charge is 2.20. The Morgan fingerprint density at radius 1 is 1.28 bits per heavy atom. The summed E-state index contributed by atoms with van der Waals surface area (Å²) in [4.78, 5) is 18.2. The first-order chi connectivity index (χ1) is 11.2. The van der Waals surface area contributed by atoms with E-state index in [1.807, 2.05) is 18.2 Å². The summed E-state index contributed by atoms with van der Waals surface area (Å²) >= 11 is 0. The molecule has 4 heterocycles. The lowest BCUT2D eigenvalue weighted by molar-refractivity contribution is 0.432. The molecule has 0 saturated carbocycles. The van der Waals surface area contributed by atoms with E-state index in [2.05, 4.69) is 31.8 Å². The van der Waals surface area contributed by atoms with Crippen LogP contribution >= 0.6 is 24.8 Å². The van der Waals surface area contributed by atoms with Crippen molar-refractivity contribution in [2.24, 2.45) is 10.9 Å². The van der Waals surface area contributed by atoms with E-state index in [1.165, 1.54) is 0 Å². The van der Waals surface area contributed by atoms with Crippen molar-refractivity contribution in [3.63, 3.8) is 0 Å². The molecule has 2 aromatic rings. The van der Waals surface area contributed by atoms with Gasteiger partial charge in [-0.2, -0.15) is 4.98 Å². The second-order valence-electron chi connectivity index (χ2n) is 6.20. The van der Waals surface area contributed by atoms with Crippen LogP contribution in [0.1, 0.15) is 31.0 Å². The average Bonchev–Trinajstić information content (AvgIpc) is 3.13. The van der Waals surface area contributed by atoms with Crippen LogP contribution in [0.4, 0.5) is 11.8 Å². The Labute approximate surface area is 158 Å². The number of aromatic hydroxyl groups is 1. The zero-order chi connectivity index (χ0) is 15.8. The number of halogens is 2. The number of allylic oxidation sites excluding steroid dienone is 1. The normalized spacial score (nSPS) is 18.0. The van der Waals surface area contributed by atoms with E-state index < -0.39 is 0 Å². The second-order valence-corrected chi connectivity index (χ2v) is 6.20. The molecule has 0 spiro atoms. The molecule has 134 valence electrons. The number of pyridine rings is 1. The molecule has 8 heteroatoms. The van der Waals surface area contributed by atoms with Gasteiger partial charge in [-0.3, -0.25) is 0 Å². The van der Waals surface area contributed by atoms with Gasteiger partial charge in [0.25, 0.3) is 0 Å². The summed E-state index contributed by atoms with van der Waals surface area (Å²) in [5, 5.41) is 10.1. The van der Waals surface area contributed by atoms with E-state index in [0.717, 1.165) is 48.9 Å². The number of aromatic nitrogens is 3. The molecule has 0 aliphatic carbocycles. The number of aliphatic imine (C=N–C) groups is 1. The molecule has 0 atom stereocenters. The molecule has 1 fully saturated rings. The molecule has 0 amide bonds. The Morgan fingerprint density at radius 3 is 2.80 bits per heavy atom. The lowest BCUT2D eigenvalue weighted by atomic mass is 10.00. The number of rotatable bonds is 2. The zero-order valence-electron chi connectivity index (χ0n) is 13.8. The predicted molar refractivity (Wildman–Crippen MR) is 106 cm³/mol. The van der Waals surface area contributed by atoms with E-state index in [9.17, 15) is 5.11 Å². The van der Waals surface area contributed by atoms with Crippen LogP contribution in [0.15, 0.2) is 23.3 Å². The van der Waals surface area contributed by atoms with E-state index in [0.29, 0.717) is 11.5 Å². The number of fused-ring (bicyclic) bond motifs is 1.